The van der Waals surface area contributed by atoms with Gasteiger partial charge in [0.05, 0.1) is 6.54 Å². The number of benzene rings is 1. The lowest BCUT2D eigenvalue weighted by atomic mass is 9.95. The first kappa shape index (κ1) is 20.9. The number of hydrogen-bond donors (Lipinski definition) is 1. The Morgan fingerprint density at radius 3 is 2.67 bits per heavy atom. The normalized spacial score (nSPS) is 19.1. The van der Waals surface area contributed by atoms with Crippen LogP contribution in [0.1, 0.15) is 17.5 Å². The first-order valence-electron chi connectivity index (χ1n) is 8.74. The fourth-order valence-corrected chi connectivity index (χ4v) is 2.88. The zero-order valence-corrected chi connectivity index (χ0v) is 16.0. The van der Waals surface area contributed by atoms with Crippen LogP contribution < -0.4 is 5.32 Å². The van der Waals surface area contributed by atoms with E-state index in [1.54, 1.807) is 18.5 Å². The zero-order valence-electron chi connectivity index (χ0n) is 15.2. The number of anilines is 1. The molecule has 0 spiro atoms. The Kier molecular flexibility index (Phi) is 7.79. The van der Waals surface area contributed by atoms with Crippen LogP contribution >= 0.6 is 12.4 Å². The molecule has 1 fully saturated rings. The largest absolute Gasteiger partial charge is 0.445 e. The van der Waals surface area contributed by atoms with E-state index in [-0.39, 0.29) is 31.5 Å². The van der Waals surface area contributed by atoms with Crippen LogP contribution in [0.3, 0.4) is 0 Å². The van der Waals surface area contributed by atoms with Gasteiger partial charge in [0.25, 0.3) is 0 Å². The Morgan fingerprint density at radius 1 is 1.30 bits per heavy atom. The Morgan fingerprint density at radius 2 is 2.00 bits per heavy atom. The van der Waals surface area contributed by atoms with Crippen LogP contribution in [-0.2, 0) is 11.3 Å². The van der Waals surface area contributed by atoms with Crippen molar-refractivity contribution in [1.29, 1.82) is 0 Å². The van der Waals surface area contributed by atoms with Gasteiger partial charge in [-0.15, -0.1) is 12.4 Å². The van der Waals surface area contributed by atoms with Crippen molar-refractivity contribution in [1.82, 2.24) is 14.9 Å². The van der Waals surface area contributed by atoms with Crippen LogP contribution in [0.15, 0.2) is 42.7 Å². The van der Waals surface area contributed by atoms with Crippen molar-refractivity contribution in [3.63, 3.8) is 0 Å². The standard InChI is InChI=1S/C19H23FN4O2.ClH/c1-14-3-5-15(6-4-14)13-26-19(25)24-10-7-16(17(20)12-24)11-23-18-21-8-2-9-22-18;/h2-6,8-9,16-17H,7,10-13H2,1H3,(H,21,22,23);1H/t16-,17-;/m1./s1. The summed E-state index contributed by atoms with van der Waals surface area (Å²) in [6.07, 6.45) is 2.27. The molecular formula is C19H24ClFN4O2. The molecule has 1 aromatic heterocycles. The third-order valence-electron chi connectivity index (χ3n) is 4.51. The second-order valence-corrected chi connectivity index (χ2v) is 6.50. The van der Waals surface area contributed by atoms with Crippen LogP contribution in [-0.4, -0.2) is 46.8 Å². The fourth-order valence-electron chi connectivity index (χ4n) is 2.88. The minimum Gasteiger partial charge on any atom is -0.445 e. The van der Waals surface area contributed by atoms with Crippen LogP contribution in [0.25, 0.3) is 0 Å². The quantitative estimate of drug-likeness (QED) is 0.838. The van der Waals surface area contributed by atoms with Crippen LogP contribution in [0.4, 0.5) is 15.1 Å². The lowest BCUT2D eigenvalue weighted by molar-refractivity contribution is 0.0544. The number of hydrogen-bond acceptors (Lipinski definition) is 5. The minimum absolute atomic E-state index is 0. The predicted molar refractivity (Wildman–Crippen MR) is 104 cm³/mol. The summed E-state index contributed by atoms with van der Waals surface area (Å²) in [6.45, 7) is 3.17. The average molecular weight is 395 g/mol. The number of likely N-dealkylation sites (tertiary alicyclic amines) is 1. The van der Waals surface area contributed by atoms with Gasteiger partial charge in [-0.25, -0.2) is 19.2 Å². The molecule has 2 heterocycles. The molecule has 1 amide bonds. The molecule has 1 saturated heterocycles. The first-order chi connectivity index (χ1) is 12.6. The monoisotopic (exact) mass is 394 g/mol. The molecule has 0 saturated carbocycles. The van der Waals surface area contributed by atoms with Gasteiger partial charge in [0.15, 0.2) is 0 Å². The van der Waals surface area contributed by atoms with E-state index in [9.17, 15) is 9.18 Å². The maximum absolute atomic E-state index is 14.4. The number of alkyl halides is 1. The van der Waals surface area contributed by atoms with Gasteiger partial charge in [-0.05, 0) is 25.0 Å². The SMILES string of the molecule is Cc1ccc(COC(=O)N2CC[C@H](CNc3ncccn3)[C@H](F)C2)cc1.Cl. The van der Waals surface area contributed by atoms with Gasteiger partial charge in [0.2, 0.25) is 5.95 Å². The molecule has 1 aromatic carbocycles. The lowest BCUT2D eigenvalue weighted by Gasteiger charge is -2.34. The Balaban J connectivity index is 0.00000261. The molecule has 6 nitrogen and oxygen atoms in total. The van der Waals surface area contributed by atoms with Crippen molar-refractivity contribution in [3.05, 3.63) is 53.9 Å². The maximum Gasteiger partial charge on any atom is 0.410 e. The van der Waals surface area contributed by atoms with Crippen LogP contribution in [0, 0.1) is 12.8 Å². The third kappa shape index (κ3) is 6.06. The molecular weight excluding hydrogens is 371 g/mol. The first-order valence-corrected chi connectivity index (χ1v) is 8.74. The molecule has 3 rings (SSSR count). The number of nitrogens with zero attached hydrogens (tertiary/aromatic N) is 3. The predicted octanol–water partition coefficient (Wildman–Crippen LogP) is 3.62. The van der Waals surface area contributed by atoms with Crippen molar-refractivity contribution in [2.24, 2.45) is 5.92 Å². The van der Waals surface area contributed by atoms with Crippen molar-refractivity contribution in [3.8, 4) is 0 Å². The zero-order chi connectivity index (χ0) is 18.4. The van der Waals surface area contributed by atoms with Crippen LogP contribution in [0.5, 0.6) is 0 Å². The third-order valence-corrected chi connectivity index (χ3v) is 4.51. The highest BCUT2D eigenvalue weighted by Crippen LogP contribution is 2.22. The van der Waals surface area contributed by atoms with Gasteiger partial charge in [0, 0.05) is 31.4 Å². The molecule has 1 aliphatic rings. The smallest absolute Gasteiger partial charge is 0.410 e. The van der Waals surface area contributed by atoms with E-state index in [1.165, 1.54) is 4.90 Å². The lowest BCUT2D eigenvalue weighted by Crippen LogP contribution is -2.46. The Bertz CT molecular complexity index is 717. The van der Waals surface area contributed by atoms with Crippen molar-refractivity contribution in [2.45, 2.75) is 26.1 Å². The highest BCUT2D eigenvalue weighted by atomic mass is 35.5. The van der Waals surface area contributed by atoms with Gasteiger partial charge < -0.3 is 15.0 Å². The van der Waals surface area contributed by atoms with E-state index >= 15 is 0 Å². The molecule has 1 aliphatic heterocycles. The van der Waals surface area contributed by atoms with E-state index in [0.29, 0.717) is 25.5 Å². The van der Waals surface area contributed by atoms with Crippen molar-refractivity contribution in [2.75, 3.05) is 25.0 Å². The summed E-state index contributed by atoms with van der Waals surface area (Å²) in [5.74, 6) is 0.305. The second-order valence-electron chi connectivity index (χ2n) is 6.50. The number of aryl methyl sites for hydroxylation is 1. The molecule has 8 heteroatoms. The van der Waals surface area contributed by atoms with Gasteiger partial charge in [-0.2, -0.15) is 0 Å². The Hall–Kier alpha value is -2.41. The summed E-state index contributed by atoms with van der Waals surface area (Å²) < 4.78 is 19.7. The van der Waals surface area contributed by atoms with Gasteiger partial charge in [0.1, 0.15) is 12.8 Å². The second kappa shape index (κ2) is 10.1. The number of rotatable bonds is 5. The van der Waals surface area contributed by atoms with Gasteiger partial charge >= 0.3 is 6.09 Å². The van der Waals surface area contributed by atoms with Crippen molar-refractivity contribution >= 4 is 24.4 Å². The van der Waals surface area contributed by atoms with E-state index < -0.39 is 12.3 Å². The van der Waals surface area contributed by atoms with Gasteiger partial charge in [-0.1, -0.05) is 29.8 Å². The van der Waals surface area contributed by atoms with Crippen molar-refractivity contribution < 1.29 is 13.9 Å². The number of halogens is 2. The number of ether oxygens (including phenoxy) is 1. The van der Waals surface area contributed by atoms with E-state index in [0.717, 1.165) is 11.1 Å². The summed E-state index contributed by atoms with van der Waals surface area (Å²) in [5, 5.41) is 3.04. The molecule has 0 radical (unpaired) electrons. The van der Waals surface area contributed by atoms with E-state index in [2.05, 4.69) is 15.3 Å². The summed E-state index contributed by atoms with van der Waals surface area (Å²) in [5.41, 5.74) is 2.07. The number of aromatic nitrogens is 2. The number of carbonyl (C=O) groups excluding carboxylic acids is 1. The molecule has 146 valence electrons. The number of amides is 1. The summed E-state index contributed by atoms with van der Waals surface area (Å²) >= 11 is 0. The Labute approximate surface area is 164 Å². The molecule has 0 aliphatic carbocycles. The number of piperidine rings is 1. The molecule has 1 N–H and O–H groups in total. The summed E-state index contributed by atoms with van der Waals surface area (Å²) in [7, 11) is 0. The molecule has 2 aromatic rings. The molecule has 0 unspecified atom stereocenters. The van der Waals surface area contributed by atoms with E-state index in [1.807, 2.05) is 31.2 Å². The highest BCUT2D eigenvalue weighted by Gasteiger charge is 2.32. The number of carbonyl (C=O) groups is 1. The summed E-state index contributed by atoms with van der Waals surface area (Å²) in [6, 6.07) is 9.50. The minimum atomic E-state index is -1.10. The molecule has 27 heavy (non-hydrogen) atoms. The maximum atomic E-state index is 14.4. The number of nitrogens with one attached hydrogen (secondary N) is 1. The fraction of sp³-hybridized carbons (Fsp3) is 0.421. The van der Waals surface area contributed by atoms with Gasteiger partial charge in [-0.3, -0.25) is 0 Å². The average Bonchev–Trinajstić information content (AvgIpc) is 2.67. The molecule has 0 bridgehead atoms. The topological polar surface area (TPSA) is 67.3 Å². The highest BCUT2D eigenvalue weighted by molar-refractivity contribution is 5.85. The summed E-state index contributed by atoms with van der Waals surface area (Å²) in [4.78, 5) is 21.7. The van der Waals surface area contributed by atoms with E-state index in [4.69, 9.17) is 4.74 Å². The van der Waals surface area contributed by atoms with Crippen LogP contribution in [0.2, 0.25) is 0 Å². The molecule has 2 atom stereocenters.